The lowest BCUT2D eigenvalue weighted by molar-refractivity contribution is 0.412. The van der Waals surface area contributed by atoms with Crippen molar-refractivity contribution in [2.75, 3.05) is 0 Å². The summed E-state index contributed by atoms with van der Waals surface area (Å²) in [5.41, 5.74) is 4.31. The summed E-state index contributed by atoms with van der Waals surface area (Å²) >= 11 is 5.30. The van der Waals surface area contributed by atoms with Crippen molar-refractivity contribution in [1.82, 2.24) is 10.7 Å². The van der Waals surface area contributed by atoms with Crippen LogP contribution in [0.15, 0.2) is 17.3 Å². The van der Waals surface area contributed by atoms with Crippen molar-refractivity contribution in [1.29, 1.82) is 0 Å². The summed E-state index contributed by atoms with van der Waals surface area (Å²) < 4.78 is 0. The third kappa shape index (κ3) is 2.58. The van der Waals surface area contributed by atoms with E-state index in [1.165, 1.54) is 37.8 Å². The van der Waals surface area contributed by atoms with Gasteiger partial charge in [-0.05, 0) is 43.8 Å². The van der Waals surface area contributed by atoms with Gasteiger partial charge in [0.2, 0.25) is 0 Å². The fraction of sp³-hybridized carbons (Fsp3) is 0.714. The van der Waals surface area contributed by atoms with Crippen LogP contribution in [0.1, 0.15) is 44.9 Å². The zero-order chi connectivity index (χ0) is 12.4. The van der Waals surface area contributed by atoms with Gasteiger partial charge in [-0.1, -0.05) is 31.4 Å². The van der Waals surface area contributed by atoms with E-state index in [1.54, 1.807) is 0 Å². The van der Waals surface area contributed by atoms with Crippen LogP contribution in [0.4, 0.5) is 0 Å². The third-order valence-corrected chi connectivity index (χ3v) is 4.61. The maximum Gasteiger partial charge on any atom is 0.187 e. The van der Waals surface area contributed by atoms with Gasteiger partial charge in [-0.25, -0.2) is 0 Å². The molecule has 4 heteroatoms. The molecule has 98 valence electrons. The van der Waals surface area contributed by atoms with Gasteiger partial charge in [-0.15, -0.1) is 0 Å². The highest BCUT2D eigenvalue weighted by atomic mass is 32.1. The van der Waals surface area contributed by atoms with Gasteiger partial charge in [0.05, 0.1) is 0 Å². The van der Waals surface area contributed by atoms with Crippen molar-refractivity contribution in [2.24, 2.45) is 16.9 Å². The van der Waals surface area contributed by atoms with Gasteiger partial charge in [0.25, 0.3) is 0 Å². The second kappa shape index (κ2) is 5.39. The summed E-state index contributed by atoms with van der Waals surface area (Å²) in [6.45, 7) is 0. The molecule has 0 aromatic rings. The Morgan fingerprint density at radius 2 is 2.11 bits per heavy atom. The Hall–Kier alpha value is -0.900. The Morgan fingerprint density at radius 3 is 2.89 bits per heavy atom. The smallest absolute Gasteiger partial charge is 0.187 e. The van der Waals surface area contributed by atoms with E-state index in [2.05, 4.69) is 28.0 Å². The van der Waals surface area contributed by atoms with E-state index in [1.807, 2.05) is 0 Å². The van der Waals surface area contributed by atoms with Gasteiger partial charge in [-0.3, -0.25) is 5.43 Å². The van der Waals surface area contributed by atoms with Crippen LogP contribution in [0, 0.1) is 11.8 Å². The standard InChI is InChI=1S/C14H21N3S/c18-14(15-11-6-2-1-3-7-11)17-16-13-9-10-5-4-8-12(10)13/h4-5,10-12H,1-3,6-9H2,(H2,15,17,18)/b16-13+/t10-,12+/m0/s1. The molecule has 18 heavy (non-hydrogen) atoms. The number of nitrogens with zero attached hydrogens (tertiary/aromatic N) is 1. The van der Waals surface area contributed by atoms with E-state index in [9.17, 15) is 0 Å². The molecule has 2 saturated carbocycles. The van der Waals surface area contributed by atoms with Crippen LogP contribution >= 0.6 is 12.2 Å². The molecule has 3 nitrogen and oxygen atoms in total. The summed E-state index contributed by atoms with van der Waals surface area (Å²) in [5, 5.41) is 8.54. The number of thiocarbonyl (C=S) groups is 1. The monoisotopic (exact) mass is 263 g/mol. The molecule has 0 radical (unpaired) electrons. The number of allylic oxidation sites excluding steroid dienone is 2. The molecule has 2 atom stereocenters. The third-order valence-electron chi connectivity index (χ3n) is 4.40. The summed E-state index contributed by atoms with van der Waals surface area (Å²) in [6, 6.07) is 0.557. The molecule has 2 fully saturated rings. The highest BCUT2D eigenvalue weighted by Crippen LogP contribution is 2.39. The topological polar surface area (TPSA) is 36.4 Å². The highest BCUT2D eigenvalue weighted by molar-refractivity contribution is 7.80. The minimum absolute atomic E-state index is 0.557. The van der Waals surface area contributed by atoms with Gasteiger partial charge in [0.1, 0.15) is 0 Å². The molecule has 0 heterocycles. The van der Waals surface area contributed by atoms with E-state index < -0.39 is 0 Å². The first-order chi connectivity index (χ1) is 8.83. The second-order valence-corrected chi connectivity index (χ2v) is 6.07. The Labute approximate surface area is 114 Å². The average molecular weight is 263 g/mol. The Morgan fingerprint density at radius 1 is 1.28 bits per heavy atom. The number of fused-ring (bicyclic) bond motifs is 1. The van der Waals surface area contributed by atoms with Crippen molar-refractivity contribution >= 4 is 23.0 Å². The SMILES string of the molecule is S=C(N/N=C1\C[C@@H]2C=CC[C@@H]12)NC1CCCCC1. The summed E-state index contributed by atoms with van der Waals surface area (Å²) in [6.07, 6.45) is 13.4. The number of rotatable bonds is 2. The van der Waals surface area contributed by atoms with Gasteiger partial charge in [0, 0.05) is 17.7 Å². The molecule has 0 amide bonds. The zero-order valence-electron chi connectivity index (χ0n) is 10.7. The summed E-state index contributed by atoms with van der Waals surface area (Å²) in [7, 11) is 0. The summed E-state index contributed by atoms with van der Waals surface area (Å²) in [4.78, 5) is 0. The first-order valence-corrected chi connectivity index (χ1v) is 7.53. The van der Waals surface area contributed by atoms with E-state index >= 15 is 0 Å². The predicted molar refractivity (Wildman–Crippen MR) is 78.5 cm³/mol. The lowest BCUT2D eigenvalue weighted by atomic mass is 9.74. The maximum absolute atomic E-state index is 5.30. The molecular weight excluding hydrogens is 242 g/mol. The number of hydrogen-bond acceptors (Lipinski definition) is 2. The van der Waals surface area contributed by atoms with Crippen molar-refractivity contribution < 1.29 is 0 Å². The van der Waals surface area contributed by atoms with Crippen LogP contribution in [0.2, 0.25) is 0 Å². The van der Waals surface area contributed by atoms with E-state index in [0.717, 1.165) is 18.8 Å². The van der Waals surface area contributed by atoms with Crippen LogP contribution in [0.25, 0.3) is 0 Å². The summed E-state index contributed by atoms with van der Waals surface area (Å²) in [5.74, 6) is 1.42. The van der Waals surface area contributed by atoms with Crippen LogP contribution < -0.4 is 10.7 Å². The molecule has 0 aromatic heterocycles. The fourth-order valence-corrected chi connectivity index (χ4v) is 3.46. The number of hydrogen-bond donors (Lipinski definition) is 2. The molecule has 3 rings (SSSR count). The normalized spacial score (nSPS) is 33.0. The Balaban J connectivity index is 1.43. The van der Waals surface area contributed by atoms with E-state index in [-0.39, 0.29) is 0 Å². The molecule has 0 spiro atoms. The van der Waals surface area contributed by atoms with Crippen molar-refractivity contribution in [3.05, 3.63) is 12.2 Å². The lowest BCUT2D eigenvalue weighted by Gasteiger charge is -2.32. The molecule has 0 bridgehead atoms. The molecule has 0 saturated heterocycles. The van der Waals surface area contributed by atoms with Gasteiger partial charge in [-0.2, -0.15) is 5.10 Å². The highest BCUT2D eigenvalue weighted by Gasteiger charge is 2.37. The van der Waals surface area contributed by atoms with Crippen LogP contribution in [0.5, 0.6) is 0 Å². The second-order valence-electron chi connectivity index (χ2n) is 5.66. The van der Waals surface area contributed by atoms with E-state index in [4.69, 9.17) is 12.2 Å². The van der Waals surface area contributed by atoms with Crippen molar-refractivity contribution in [3.8, 4) is 0 Å². The predicted octanol–water partition coefficient (Wildman–Crippen LogP) is 2.74. The zero-order valence-corrected chi connectivity index (χ0v) is 11.5. The molecule has 0 aromatic carbocycles. The maximum atomic E-state index is 5.30. The molecular formula is C14H21N3S. The van der Waals surface area contributed by atoms with Gasteiger partial charge < -0.3 is 5.32 Å². The largest absolute Gasteiger partial charge is 0.359 e. The molecule has 0 unspecified atom stereocenters. The van der Waals surface area contributed by atoms with E-state index in [0.29, 0.717) is 17.1 Å². The van der Waals surface area contributed by atoms with Crippen LogP contribution in [-0.2, 0) is 0 Å². The van der Waals surface area contributed by atoms with Crippen molar-refractivity contribution in [3.63, 3.8) is 0 Å². The Bertz CT molecular complexity index is 383. The van der Waals surface area contributed by atoms with Crippen molar-refractivity contribution in [2.45, 2.75) is 51.0 Å². The fourth-order valence-electron chi connectivity index (χ4n) is 3.25. The Kier molecular flexibility index (Phi) is 3.64. The molecule has 3 aliphatic carbocycles. The first-order valence-electron chi connectivity index (χ1n) is 7.12. The molecule has 3 aliphatic rings. The average Bonchev–Trinajstić information content (AvgIpc) is 2.72. The van der Waals surface area contributed by atoms with Crippen LogP contribution in [0.3, 0.4) is 0 Å². The lowest BCUT2D eigenvalue weighted by Crippen LogP contribution is -2.42. The quantitative estimate of drug-likeness (QED) is 0.457. The molecule has 2 N–H and O–H groups in total. The minimum atomic E-state index is 0.557. The number of nitrogens with one attached hydrogen (secondary N) is 2. The molecule has 0 aliphatic heterocycles. The first kappa shape index (κ1) is 12.2. The van der Waals surface area contributed by atoms with Gasteiger partial charge in [0.15, 0.2) is 5.11 Å². The van der Waals surface area contributed by atoms with Crippen LogP contribution in [-0.4, -0.2) is 16.9 Å². The number of hydrazone groups is 1. The van der Waals surface area contributed by atoms with Gasteiger partial charge >= 0.3 is 0 Å². The minimum Gasteiger partial charge on any atom is -0.359 e.